The molecule has 22 heavy (non-hydrogen) atoms. The number of hydrogen-bond donors (Lipinski definition) is 2. The van der Waals surface area contributed by atoms with Crippen molar-refractivity contribution in [3.63, 3.8) is 0 Å². The molecule has 0 spiro atoms. The van der Waals surface area contributed by atoms with E-state index >= 15 is 0 Å². The number of halogens is 1. The lowest BCUT2D eigenvalue weighted by molar-refractivity contribution is 0.236. The number of nitrogens with one attached hydrogen (secondary N) is 2. The molecule has 1 aliphatic heterocycles. The van der Waals surface area contributed by atoms with Gasteiger partial charge in [-0.3, -0.25) is 0 Å². The fourth-order valence-corrected chi connectivity index (χ4v) is 3.35. The van der Waals surface area contributed by atoms with Crippen LogP contribution < -0.4 is 10.6 Å². The first-order valence-electron chi connectivity index (χ1n) is 7.04. The van der Waals surface area contributed by atoms with Crippen molar-refractivity contribution in [2.45, 2.75) is 25.8 Å². The Balaban J connectivity index is 1.96. The maximum atomic E-state index is 13.2. The average Bonchev–Trinajstić information content (AvgIpc) is 2.42. The van der Waals surface area contributed by atoms with Crippen LogP contribution in [0.3, 0.4) is 0 Å². The van der Waals surface area contributed by atoms with Crippen LogP contribution in [0.5, 0.6) is 0 Å². The molecule has 0 radical (unpaired) electrons. The quantitative estimate of drug-likeness (QED) is 0.885. The Kier molecular flexibility index (Phi) is 5.02. The third kappa shape index (κ3) is 4.41. The second-order valence-corrected chi connectivity index (χ2v) is 7.50. The van der Waals surface area contributed by atoms with Gasteiger partial charge < -0.3 is 10.6 Å². The molecule has 1 atom stereocenters. The highest BCUT2D eigenvalue weighted by Gasteiger charge is 2.26. The minimum absolute atomic E-state index is 0.252. The van der Waals surface area contributed by atoms with Crippen molar-refractivity contribution in [2.75, 3.05) is 24.7 Å². The van der Waals surface area contributed by atoms with Crippen molar-refractivity contribution in [1.29, 1.82) is 0 Å². The van der Waals surface area contributed by atoms with Gasteiger partial charge in [0.15, 0.2) is 0 Å². The minimum atomic E-state index is -3.25. The number of carbonyl (C=O) groups excluding carboxylic acids is 1. The molecule has 0 aromatic heterocycles. The third-order valence-electron chi connectivity index (χ3n) is 3.64. The number of hydrogen-bond acceptors (Lipinski definition) is 3. The second-order valence-electron chi connectivity index (χ2n) is 5.52. The highest BCUT2D eigenvalue weighted by Crippen LogP contribution is 2.17. The van der Waals surface area contributed by atoms with Crippen molar-refractivity contribution in [3.05, 3.63) is 29.6 Å². The summed E-state index contributed by atoms with van der Waals surface area (Å²) in [7, 11) is -3.25. The number of anilines is 1. The lowest BCUT2D eigenvalue weighted by atomic mass is 10.1. The van der Waals surface area contributed by atoms with Crippen molar-refractivity contribution >= 4 is 21.7 Å². The van der Waals surface area contributed by atoms with Crippen molar-refractivity contribution < 1.29 is 17.6 Å². The van der Waals surface area contributed by atoms with E-state index in [-0.39, 0.29) is 12.6 Å². The number of nitrogens with zero attached hydrogens (tertiary/aromatic N) is 1. The topological polar surface area (TPSA) is 78.5 Å². The second kappa shape index (κ2) is 6.62. The van der Waals surface area contributed by atoms with Crippen LogP contribution >= 0.6 is 0 Å². The van der Waals surface area contributed by atoms with Gasteiger partial charge in [-0.25, -0.2) is 21.9 Å². The van der Waals surface area contributed by atoms with Crippen LogP contribution in [0.25, 0.3) is 0 Å². The van der Waals surface area contributed by atoms with Crippen LogP contribution in [-0.4, -0.2) is 44.1 Å². The lowest BCUT2D eigenvalue weighted by Gasteiger charge is -2.31. The lowest BCUT2D eigenvalue weighted by Crippen LogP contribution is -2.50. The van der Waals surface area contributed by atoms with Gasteiger partial charge in [-0.05, 0) is 37.5 Å². The molecule has 2 N–H and O–H groups in total. The SMILES string of the molecule is Cc1ccc(F)cc1NC(=O)N[C@@H]1CCCN(S(C)(=O)=O)C1. The van der Waals surface area contributed by atoms with Gasteiger partial charge in [0.25, 0.3) is 0 Å². The van der Waals surface area contributed by atoms with E-state index in [9.17, 15) is 17.6 Å². The van der Waals surface area contributed by atoms with Crippen molar-refractivity contribution in [2.24, 2.45) is 0 Å². The average molecular weight is 329 g/mol. The maximum Gasteiger partial charge on any atom is 0.319 e. The Labute approximate surface area is 129 Å². The first-order valence-corrected chi connectivity index (χ1v) is 8.89. The van der Waals surface area contributed by atoms with Crippen LogP contribution in [0.15, 0.2) is 18.2 Å². The summed E-state index contributed by atoms with van der Waals surface area (Å²) in [4.78, 5) is 12.0. The van der Waals surface area contributed by atoms with Crippen molar-refractivity contribution in [1.82, 2.24) is 9.62 Å². The highest BCUT2D eigenvalue weighted by atomic mass is 32.2. The number of benzene rings is 1. The molecule has 6 nitrogen and oxygen atoms in total. The number of carbonyl (C=O) groups is 1. The Hall–Kier alpha value is -1.67. The van der Waals surface area contributed by atoms with Crippen LogP contribution in [-0.2, 0) is 10.0 Å². The molecule has 0 unspecified atom stereocenters. The minimum Gasteiger partial charge on any atom is -0.334 e. The van der Waals surface area contributed by atoms with Crippen LogP contribution in [0.2, 0.25) is 0 Å². The van der Waals surface area contributed by atoms with Crippen LogP contribution in [0, 0.1) is 12.7 Å². The summed E-state index contributed by atoms with van der Waals surface area (Å²) < 4.78 is 37.6. The summed E-state index contributed by atoms with van der Waals surface area (Å²) in [6, 6.07) is 3.44. The molecule has 0 aliphatic carbocycles. The molecular formula is C14H20FN3O3S. The first kappa shape index (κ1) is 16.7. The van der Waals surface area contributed by atoms with E-state index in [1.54, 1.807) is 13.0 Å². The smallest absolute Gasteiger partial charge is 0.319 e. The first-order chi connectivity index (χ1) is 10.3. The van der Waals surface area contributed by atoms with E-state index in [4.69, 9.17) is 0 Å². The number of amides is 2. The molecule has 122 valence electrons. The molecular weight excluding hydrogens is 309 g/mol. The number of piperidine rings is 1. The van der Waals surface area contributed by atoms with Crippen LogP contribution in [0.1, 0.15) is 18.4 Å². The van der Waals surface area contributed by atoms with E-state index in [0.717, 1.165) is 11.8 Å². The van der Waals surface area contributed by atoms with E-state index in [1.165, 1.54) is 16.4 Å². The largest absolute Gasteiger partial charge is 0.334 e. The summed E-state index contributed by atoms with van der Waals surface area (Å²) in [5.41, 5.74) is 1.14. The number of aryl methyl sites for hydroxylation is 1. The van der Waals surface area contributed by atoms with Gasteiger partial charge in [-0.15, -0.1) is 0 Å². The highest BCUT2D eigenvalue weighted by molar-refractivity contribution is 7.88. The Morgan fingerprint density at radius 1 is 1.41 bits per heavy atom. The molecule has 1 fully saturated rings. The zero-order valence-corrected chi connectivity index (χ0v) is 13.4. The van der Waals surface area contributed by atoms with E-state index in [2.05, 4.69) is 10.6 Å². The molecule has 1 saturated heterocycles. The molecule has 1 aromatic rings. The fourth-order valence-electron chi connectivity index (χ4n) is 2.43. The van der Waals surface area contributed by atoms with Gasteiger partial charge >= 0.3 is 6.03 Å². The van der Waals surface area contributed by atoms with Gasteiger partial charge in [-0.2, -0.15) is 0 Å². The van der Waals surface area contributed by atoms with Gasteiger partial charge in [0.05, 0.1) is 6.26 Å². The summed E-state index contributed by atoms with van der Waals surface area (Å²) in [6.07, 6.45) is 2.56. The zero-order valence-electron chi connectivity index (χ0n) is 12.6. The summed E-state index contributed by atoms with van der Waals surface area (Å²) in [5.74, 6) is -0.429. The van der Waals surface area contributed by atoms with E-state index < -0.39 is 21.9 Å². The van der Waals surface area contributed by atoms with Crippen LogP contribution in [0.4, 0.5) is 14.9 Å². The number of sulfonamides is 1. The van der Waals surface area contributed by atoms with E-state index in [0.29, 0.717) is 25.1 Å². The molecule has 2 amide bonds. The maximum absolute atomic E-state index is 13.2. The Morgan fingerprint density at radius 2 is 2.14 bits per heavy atom. The Bertz CT molecular complexity index is 663. The third-order valence-corrected chi connectivity index (χ3v) is 4.91. The van der Waals surface area contributed by atoms with Gasteiger partial charge in [0, 0.05) is 24.8 Å². The predicted molar refractivity (Wildman–Crippen MR) is 82.7 cm³/mol. The monoisotopic (exact) mass is 329 g/mol. The summed E-state index contributed by atoms with van der Waals surface area (Å²) in [5, 5.41) is 5.33. The zero-order chi connectivity index (χ0) is 16.3. The molecule has 8 heteroatoms. The molecule has 1 aromatic carbocycles. The predicted octanol–water partition coefficient (Wildman–Crippen LogP) is 1.68. The van der Waals surface area contributed by atoms with Gasteiger partial charge in [-0.1, -0.05) is 6.07 Å². The molecule has 0 saturated carbocycles. The molecule has 2 rings (SSSR count). The summed E-state index contributed by atoms with van der Waals surface area (Å²) >= 11 is 0. The molecule has 1 heterocycles. The Morgan fingerprint density at radius 3 is 2.82 bits per heavy atom. The van der Waals surface area contributed by atoms with Gasteiger partial charge in [0.1, 0.15) is 5.82 Å². The van der Waals surface area contributed by atoms with E-state index in [1.807, 2.05) is 0 Å². The molecule has 0 bridgehead atoms. The number of rotatable bonds is 3. The van der Waals surface area contributed by atoms with Gasteiger partial charge in [0.2, 0.25) is 10.0 Å². The standard InChI is InChI=1S/C14H20FN3O3S/c1-10-5-6-11(15)8-13(10)17-14(19)16-12-4-3-7-18(9-12)22(2,20)21/h5-6,8,12H,3-4,7,9H2,1-2H3,(H2,16,17,19)/t12-/m1/s1. The fraction of sp³-hybridized carbons (Fsp3) is 0.500. The number of urea groups is 1. The van der Waals surface area contributed by atoms with Crippen molar-refractivity contribution in [3.8, 4) is 0 Å². The molecule has 1 aliphatic rings. The normalized spacial score (nSPS) is 19.7. The summed E-state index contributed by atoms with van der Waals surface area (Å²) in [6.45, 7) is 2.50.